The molecule has 4 rings (SSSR count). The van der Waals surface area contributed by atoms with Gasteiger partial charge in [0, 0.05) is 24.4 Å². The average Bonchev–Trinajstić information content (AvgIpc) is 3.47. The molecule has 6 nitrogen and oxygen atoms in total. The summed E-state index contributed by atoms with van der Waals surface area (Å²) in [5.74, 6) is 2.69. The molecule has 0 amide bonds. The first-order valence-corrected chi connectivity index (χ1v) is 11.6. The van der Waals surface area contributed by atoms with E-state index in [-0.39, 0.29) is 5.92 Å². The zero-order chi connectivity index (χ0) is 22.2. The van der Waals surface area contributed by atoms with Crippen molar-refractivity contribution in [3.8, 4) is 0 Å². The fourth-order valence-corrected chi connectivity index (χ4v) is 4.14. The van der Waals surface area contributed by atoms with Crippen LogP contribution in [-0.4, -0.2) is 27.3 Å². The molecule has 2 heterocycles. The number of guanidine groups is 1. The van der Waals surface area contributed by atoms with Gasteiger partial charge < -0.3 is 15.2 Å². The van der Waals surface area contributed by atoms with E-state index in [9.17, 15) is 0 Å². The van der Waals surface area contributed by atoms with E-state index >= 15 is 0 Å². The zero-order valence-corrected chi connectivity index (χ0v) is 19.2. The van der Waals surface area contributed by atoms with Crippen molar-refractivity contribution in [2.75, 3.05) is 6.54 Å². The summed E-state index contributed by atoms with van der Waals surface area (Å²) in [6.45, 7) is 3.85. The molecule has 2 N–H and O–H groups in total. The summed E-state index contributed by atoms with van der Waals surface area (Å²) < 4.78 is 1.97. The Bertz CT molecular complexity index is 1080. The zero-order valence-electron chi connectivity index (χ0n) is 18.4. The van der Waals surface area contributed by atoms with Gasteiger partial charge in [-0.05, 0) is 29.5 Å². The van der Waals surface area contributed by atoms with Crippen molar-refractivity contribution in [1.29, 1.82) is 0 Å². The molecule has 0 aliphatic heterocycles. The Morgan fingerprint density at radius 1 is 0.938 bits per heavy atom. The number of aromatic nitrogens is 3. The molecule has 2 aromatic heterocycles. The minimum atomic E-state index is 0.211. The summed E-state index contributed by atoms with van der Waals surface area (Å²) in [6, 6.07) is 25.4. The summed E-state index contributed by atoms with van der Waals surface area (Å²) in [4.78, 5) is 6.06. The smallest absolute Gasteiger partial charge is 0.192 e. The van der Waals surface area contributed by atoms with Gasteiger partial charge in [-0.15, -0.1) is 21.5 Å². The predicted octanol–water partition coefficient (Wildman–Crippen LogP) is 4.25. The normalized spacial score (nSPS) is 11.7. The first-order chi connectivity index (χ1) is 15.7. The minimum Gasteiger partial charge on any atom is -0.355 e. The molecule has 0 spiro atoms. The number of aliphatic imine (C=N–C) groups is 1. The Morgan fingerprint density at radius 3 is 2.19 bits per heavy atom. The highest BCUT2D eigenvalue weighted by atomic mass is 32.1. The van der Waals surface area contributed by atoms with E-state index in [1.807, 2.05) is 18.5 Å². The molecular formula is C25H28N6S. The quantitative estimate of drug-likeness (QED) is 0.315. The van der Waals surface area contributed by atoms with Crippen LogP contribution in [0.5, 0.6) is 0 Å². The SMILES string of the molecule is Cc1nnc(CN=C(NCc2cccs2)NCC(c2ccccc2)c2ccccc2)n1C. The lowest BCUT2D eigenvalue weighted by molar-refractivity contribution is 0.716. The highest BCUT2D eigenvalue weighted by Crippen LogP contribution is 2.23. The number of rotatable bonds is 8. The maximum Gasteiger partial charge on any atom is 0.192 e. The van der Waals surface area contributed by atoms with Gasteiger partial charge in [0.05, 0.1) is 6.54 Å². The highest BCUT2D eigenvalue weighted by molar-refractivity contribution is 7.09. The van der Waals surface area contributed by atoms with Gasteiger partial charge in [-0.25, -0.2) is 4.99 Å². The van der Waals surface area contributed by atoms with Crippen molar-refractivity contribution in [2.24, 2.45) is 12.0 Å². The van der Waals surface area contributed by atoms with Crippen LogP contribution in [-0.2, 0) is 20.1 Å². The number of nitrogens with one attached hydrogen (secondary N) is 2. The van der Waals surface area contributed by atoms with Crippen LogP contribution in [0.15, 0.2) is 83.2 Å². The van der Waals surface area contributed by atoms with E-state index in [0.29, 0.717) is 6.54 Å². The first-order valence-electron chi connectivity index (χ1n) is 10.7. The maximum atomic E-state index is 4.80. The van der Waals surface area contributed by atoms with Gasteiger partial charge in [0.2, 0.25) is 0 Å². The largest absolute Gasteiger partial charge is 0.355 e. The minimum absolute atomic E-state index is 0.211. The fourth-order valence-electron chi connectivity index (χ4n) is 3.49. The lowest BCUT2D eigenvalue weighted by Gasteiger charge is -2.21. The number of hydrogen-bond acceptors (Lipinski definition) is 4. The van der Waals surface area contributed by atoms with Crippen molar-refractivity contribution >= 4 is 17.3 Å². The summed E-state index contributed by atoms with van der Waals surface area (Å²) in [6.07, 6.45) is 0. The Morgan fingerprint density at radius 2 is 1.62 bits per heavy atom. The van der Waals surface area contributed by atoms with Crippen LogP contribution in [0.4, 0.5) is 0 Å². The number of aryl methyl sites for hydroxylation is 1. The van der Waals surface area contributed by atoms with Gasteiger partial charge in [0.1, 0.15) is 12.4 Å². The molecule has 0 radical (unpaired) electrons. The molecule has 7 heteroatoms. The molecule has 4 aromatic rings. The van der Waals surface area contributed by atoms with E-state index < -0.39 is 0 Å². The Labute approximate surface area is 193 Å². The van der Waals surface area contributed by atoms with Gasteiger partial charge >= 0.3 is 0 Å². The number of thiophene rings is 1. The van der Waals surface area contributed by atoms with Crippen LogP contribution < -0.4 is 10.6 Å². The third kappa shape index (κ3) is 5.62. The van der Waals surface area contributed by atoms with Crippen molar-refractivity contribution in [1.82, 2.24) is 25.4 Å². The van der Waals surface area contributed by atoms with Crippen LogP contribution in [0.1, 0.15) is 33.6 Å². The van der Waals surface area contributed by atoms with Crippen molar-refractivity contribution < 1.29 is 0 Å². The van der Waals surface area contributed by atoms with Gasteiger partial charge in [0.25, 0.3) is 0 Å². The topological polar surface area (TPSA) is 67.1 Å². The van der Waals surface area contributed by atoms with E-state index in [2.05, 4.69) is 99.0 Å². The molecule has 0 aliphatic rings. The number of benzene rings is 2. The second-order valence-electron chi connectivity index (χ2n) is 7.58. The molecule has 0 fully saturated rings. The summed E-state index contributed by atoms with van der Waals surface area (Å²) in [7, 11) is 1.97. The van der Waals surface area contributed by atoms with Gasteiger partial charge in [-0.2, -0.15) is 0 Å². The predicted molar refractivity (Wildman–Crippen MR) is 131 cm³/mol. The van der Waals surface area contributed by atoms with Crippen molar-refractivity contribution in [3.63, 3.8) is 0 Å². The third-order valence-electron chi connectivity index (χ3n) is 5.45. The van der Waals surface area contributed by atoms with Crippen LogP contribution in [0.25, 0.3) is 0 Å². The fraction of sp³-hybridized carbons (Fsp3) is 0.240. The van der Waals surface area contributed by atoms with E-state index in [0.717, 1.165) is 30.7 Å². The van der Waals surface area contributed by atoms with Gasteiger partial charge in [-0.1, -0.05) is 66.7 Å². The molecule has 0 bridgehead atoms. The Hall–Kier alpha value is -3.45. The lowest BCUT2D eigenvalue weighted by atomic mass is 9.91. The average molecular weight is 445 g/mol. The van der Waals surface area contributed by atoms with Crippen LogP contribution in [0.2, 0.25) is 0 Å². The Balaban J connectivity index is 1.52. The summed E-state index contributed by atoms with van der Waals surface area (Å²) >= 11 is 1.73. The van der Waals surface area contributed by atoms with Gasteiger partial charge in [-0.3, -0.25) is 0 Å². The molecule has 164 valence electrons. The standard InChI is InChI=1S/C25H28N6S/c1-19-29-30-24(31(19)2)18-28-25(26-16-22-14-9-15-32-22)27-17-23(20-10-5-3-6-11-20)21-12-7-4-8-13-21/h3-15,23H,16-18H2,1-2H3,(H2,26,27,28). The first kappa shape index (κ1) is 21.8. The number of hydrogen-bond donors (Lipinski definition) is 2. The molecular weight excluding hydrogens is 416 g/mol. The van der Waals surface area contributed by atoms with Crippen LogP contribution in [0, 0.1) is 6.92 Å². The second kappa shape index (κ2) is 10.7. The molecule has 2 aromatic carbocycles. The highest BCUT2D eigenvalue weighted by Gasteiger charge is 2.15. The monoisotopic (exact) mass is 444 g/mol. The third-order valence-corrected chi connectivity index (χ3v) is 6.33. The van der Waals surface area contributed by atoms with E-state index in [1.54, 1.807) is 11.3 Å². The van der Waals surface area contributed by atoms with E-state index in [4.69, 9.17) is 4.99 Å². The molecule has 0 saturated carbocycles. The molecule has 0 atom stereocenters. The summed E-state index contributed by atoms with van der Waals surface area (Å²) in [5.41, 5.74) is 2.54. The molecule has 0 unspecified atom stereocenters. The number of nitrogens with zero attached hydrogens (tertiary/aromatic N) is 4. The van der Waals surface area contributed by atoms with Crippen molar-refractivity contribution in [2.45, 2.75) is 25.9 Å². The molecule has 32 heavy (non-hydrogen) atoms. The second-order valence-corrected chi connectivity index (χ2v) is 8.61. The maximum absolute atomic E-state index is 4.80. The molecule has 0 saturated heterocycles. The lowest BCUT2D eigenvalue weighted by Crippen LogP contribution is -2.39. The van der Waals surface area contributed by atoms with Gasteiger partial charge in [0.15, 0.2) is 11.8 Å². The molecule has 0 aliphatic carbocycles. The van der Waals surface area contributed by atoms with Crippen LogP contribution in [0.3, 0.4) is 0 Å². The van der Waals surface area contributed by atoms with Crippen molar-refractivity contribution in [3.05, 3.63) is 106 Å². The summed E-state index contributed by atoms with van der Waals surface area (Å²) in [5, 5.41) is 17.5. The Kier molecular flexibility index (Phi) is 7.30. The van der Waals surface area contributed by atoms with E-state index in [1.165, 1.54) is 16.0 Å². The van der Waals surface area contributed by atoms with Crippen LogP contribution >= 0.6 is 11.3 Å².